The van der Waals surface area contributed by atoms with Crippen molar-refractivity contribution >= 4 is 32.2 Å². The molecule has 0 aliphatic rings. The van der Waals surface area contributed by atoms with Crippen molar-refractivity contribution in [3.8, 4) is 0 Å². The van der Waals surface area contributed by atoms with Crippen molar-refractivity contribution in [2.24, 2.45) is 0 Å². The van der Waals surface area contributed by atoms with Crippen LogP contribution in [0.5, 0.6) is 0 Å². The Morgan fingerprint density at radius 3 is 2.44 bits per heavy atom. The Balaban J connectivity index is 1.79. The van der Waals surface area contributed by atoms with Crippen LogP contribution in [0.15, 0.2) is 65.6 Å². The van der Waals surface area contributed by atoms with E-state index in [1.807, 2.05) is 24.3 Å². The summed E-state index contributed by atoms with van der Waals surface area (Å²) in [6, 6.07) is 16.3. The molecule has 0 atom stereocenters. The molecule has 0 saturated carbocycles. The number of aryl methyl sites for hydroxylation is 1. The molecule has 128 valence electrons. The van der Waals surface area contributed by atoms with Gasteiger partial charge in [-0.05, 0) is 47.5 Å². The fraction of sp³-hybridized carbons (Fsp3) is 0.105. The van der Waals surface area contributed by atoms with E-state index in [2.05, 4.69) is 5.32 Å². The Kier molecular flexibility index (Phi) is 4.55. The first-order chi connectivity index (χ1) is 11.8. The maximum atomic E-state index is 13.5. The van der Waals surface area contributed by atoms with Crippen molar-refractivity contribution in [2.75, 3.05) is 11.1 Å². The van der Waals surface area contributed by atoms with Gasteiger partial charge in [0, 0.05) is 5.69 Å². The lowest BCUT2D eigenvalue weighted by molar-refractivity contribution is -0.113. The van der Waals surface area contributed by atoms with Gasteiger partial charge in [-0.25, -0.2) is 12.8 Å². The van der Waals surface area contributed by atoms with E-state index in [0.29, 0.717) is 5.56 Å². The number of hydrogen-bond donors (Lipinski definition) is 1. The lowest BCUT2D eigenvalue weighted by Crippen LogP contribution is -2.23. The van der Waals surface area contributed by atoms with Gasteiger partial charge < -0.3 is 5.32 Å². The van der Waals surface area contributed by atoms with Crippen LogP contribution in [0.4, 0.5) is 10.1 Å². The zero-order valence-electron chi connectivity index (χ0n) is 13.5. The van der Waals surface area contributed by atoms with Crippen molar-refractivity contribution in [2.45, 2.75) is 11.8 Å². The first kappa shape index (κ1) is 17.1. The molecule has 0 spiro atoms. The summed E-state index contributed by atoms with van der Waals surface area (Å²) in [5.41, 5.74) is 0.670. The number of anilines is 1. The Morgan fingerprint density at radius 2 is 1.72 bits per heavy atom. The Bertz CT molecular complexity index is 1060. The average Bonchev–Trinajstić information content (AvgIpc) is 2.57. The number of halogens is 1. The van der Waals surface area contributed by atoms with Crippen molar-refractivity contribution in [1.29, 1.82) is 0 Å². The van der Waals surface area contributed by atoms with E-state index in [9.17, 15) is 17.6 Å². The summed E-state index contributed by atoms with van der Waals surface area (Å²) in [5, 5.41) is 4.11. The summed E-state index contributed by atoms with van der Waals surface area (Å²) >= 11 is 0. The highest BCUT2D eigenvalue weighted by Crippen LogP contribution is 2.20. The van der Waals surface area contributed by atoms with Crippen LogP contribution in [-0.4, -0.2) is 20.1 Å². The first-order valence-electron chi connectivity index (χ1n) is 7.63. The Hall–Kier alpha value is -2.73. The molecule has 0 aliphatic carbocycles. The minimum atomic E-state index is -3.80. The summed E-state index contributed by atoms with van der Waals surface area (Å²) in [6.45, 7) is 1.60. The number of fused-ring (bicyclic) bond motifs is 1. The molecule has 6 heteroatoms. The van der Waals surface area contributed by atoms with Crippen LogP contribution in [0.2, 0.25) is 0 Å². The van der Waals surface area contributed by atoms with Crippen LogP contribution in [-0.2, 0) is 14.6 Å². The van der Waals surface area contributed by atoms with E-state index < -0.39 is 27.3 Å². The number of rotatable bonds is 4. The number of carbonyl (C=O) groups is 1. The standard InChI is InChI=1S/C19H16FNO3S/c1-13-6-8-16(11-18(13)20)21-19(22)12-25(23,24)17-9-7-14-4-2-3-5-15(14)10-17/h2-11H,12H2,1H3,(H,21,22). The Labute approximate surface area is 145 Å². The number of nitrogens with one attached hydrogen (secondary N) is 1. The minimum absolute atomic E-state index is 0.0800. The molecule has 1 amide bonds. The van der Waals surface area contributed by atoms with E-state index in [4.69, 9.17) is 0 Å². The Morgan fingerprint density at radius 1 is 1.00 bits per heavy atom. The molecule has 3 aromatic rings. The fourth-order valence-corrected chi connectivity index (χ4v) is 3.65. The average molecular weight is 357 g/mol. The monoisotopic (exact) mass is 357 g/mol. The molecular formula is C19H16FNO3S. The summed E-state index contributed by atoms with van der Waals surface area (Å²) in [6.07, 6.45) is 0. The van der Waals surface area contributed by atoms with Gasteiger partial charge >= 0.3 is 0 Å². The predicted octanol–water partition coefficient (Wildman–Crippen LogP) is 3.70. The zero-order valence-corrected chi connectivity index (χ0v) is 14.3. The van der Waals surface area contributed by atoms with Crippen LogP contribution < -0.4 is 5.32 Å². The molecule has 4 nitrogen and oxygen atoms in total. The van der Waals surface area contributed by atoms with E-state index >= 15 is 0 Å². The molecule has 1 N–H and O–H groups in total. The lowest BCUT2D eigenvalue weighted by atomic mass is 10.1. The number of carbonyl (C=O) groups excluding carboxylic acids is 1. The molecule has 0 fully saturated rings. The van der Waals surface area contributed by atoms with Gasteiger partial charge in [0.25, 0.3) is 0 Å². The van der Waals surface area contributed by atoms with Gasteiger partial charge in [-0.1, -0.05) is 36.4 Å². The van der Waals surface area contributed by atoms with E-state index in [-0.39, 0.29) is 10.6 Å². The lowest BCUT2D eigenvalue weighted by Gasteiger charge is -2.08. The molecule has 0 aliphatic heterocycles. The SMILES string of the molecule is Cc1ccc(NC(=O)CS(=O)(=O)c2ccc3ccccc3c2)cc1F. The smallest absolute Gasteiger partial charge is 0.239 e. The molecule has 0 unspecified atom stereocenters. The van der Waals surface area contributed by atoms with Gasteiger partial charge in [0.2, 0.25) is 5.91 Å². The second-order valence-electron chi connectivity index (χ2n) is 5.78. The number of benzene rings is 3. The van der Waals surface area contributed by atoms with E-state index in [1.165, 1.54) is 18.2 Å². The molecule has 25 heavy (non-hydrogen) atoms. The van der Waals surface area contributed by atoms with Crippen molar-refractivity contribution in [3.63, 3.8) is 0 Å². The summed E-state index contributed by atoms with van der Waals surface area (Å²) < 4.78 is 38.4. The van der Waals surface area contributed by atoms with Crippen LogP contribution in [0.25, 0.3) is 10.8 Å². The molecular weight excluding hydrogens is 341 g/mol. The molecule has 0 bridgehead atoms. The predicted molar refractivity (Wildman–Crippen MR) is 95.8 cm³/mol. The highest BCUT2D eigenvalue weighted by Gasteiger charge is 2.20. The van der Waals surface area contributed by atoms with Gasteiger partial charge in [-0.3, -0.25) is 4.79 Å². The molecule has 3 aromatic carbocycles. The van der Waals surface area contributed by atoms with Crippen molar-refractivity contribution in [3.05, 3.63) is 72.0 Å². The molecule has 0 heterocycles. The second kappa shape index (κ2) is 6.64. The van der Waals surface area contributed by atoms with Gasteiger partial charge in [0.1, 0.15) is 11.6 Å². The van der Waals surface area contributed by atoms with Crippen molar-refractivity contribution < 1.29 is 17.6 Å². The maximum absolute atomic E-state index is 13.5. The third-order valence-electron chi connectivity index (χ3n) is 3.86. The van der Waals surface area contributed by atoms with Crippen LogP contribution in [0.1, 0.15) is 5.56 Å². The van der Waals surface area contributed by atoms with E-state index in [0.717, 1.165) is 16.8 Å². The third-order valence-corrected chi connectivity index (χ3v) is 5.47. The highest BCUT2D eigenvalue weighted by atomic mass is 32.2. The number of amides is 1. The van der Waals surface area contributed by atoms with Crippen LogP contribution in [0.3, 0.4) is 0 Å². The van der Waals surface area contributed by atoms with Gasteiger partial charge in [0.05, 0.1) is 4.90 Å². The molecule has 0 radical (unpaired) electrons. The largest absolute Gasteiger partial charge is 0.325 e. The summed E-state index contributed by atoms with van der Waals surface area (Å²) in [5.74, 6) is -1.88. The summed E-state index contributed by atoms with van der Waals surface area (Å²) in [7, 11) is -3.80. The number of hydrogen-bond acceptors (Lipinski definition) is 3. The topological polar surface area (TPSA) is 63.2 Å². The van der Waals surface area contributed by atoms with Crippen LogP contribution >= 0.6 is 0 Å². The molecule has 0 saturated heterocycles. The van der Waals surface area contributed by atoms with E-state index in [1.54, 1.807) is 19.1 Å². The normalized spacial score (nSPS) is 11.4. The number of sulfone groups is 1. The van der Waals surface area contributed by atoms with Gasteiger partial charge in [-0.2, -0.15) is 0 Å². The highest BCUT2D eigenvalue weighted by molar-refractivity contribution is 7.92. The summed E-state index contributed by atoms with van der Waals surface area (Å²) in [4.78, 5) is 12.1. The minimum Gasteiger partial charge on any atom is -0.325 e. The zero-order chi connectivity index (χ0) is 18.0. The molecule has 3 rings (SSSR count). The quantitative estimate of drug-likeness (QED) is 0.774. The molecule has 0 aromatic heterocycles. The van der Waals surface area contributed by atoms with Crippen LogP contribution in [0, 0.1) is 12.7 Å². The van der Waals surface area contributed by atoms with Gasteiger partial charge in [0.15, 0.2) is 9.84 Å². The second-order valence-corrected chi connectivity index (χ2v) is 7.77. The van der Waals surface area contributed by atoms with Crippen molar-refractivity contribution in [1.82, 2.24) is 0 Å². The first-order valence-corrected chi connectivity index (χ1v) is 9.28. The fourth-order valence-electron chi connectivity index (χ4n) is 2.48. The van der Waals surface area contributed by atoms with Gasteiger partial charge in [-0.15, -0.1) is 0 Å². The third kappa shape index (κ3) is 3.85. The maximum Gasteiger partial charge on any atom is 0.239 e.